The number of benzene rings is 1. The van der Waals surface area contributed by atoms with Crippen LogP contribution >= 0.6 is 0 Å². The van der Waals surface area contributed by atoms with E-state index in [-0.39, 0.29) is 44.3 Å². The quantitative estimate of drug-likeness (QED) is 0.826. The Hall–Kier alpha value is -2.23. The average Bonchev–Trinajstić information content (AvgIpc) is 3.16. The molecule has 0 aliphatic carbocycles. The Morgan fingerprint density at radius 3 is 2.69 bits per heavy atom. The molecule has 0 unspecified atom stereocenters. The fourth-order valence-electron chi connectivity index (χ4n) is 2.62. The summed E-state index contributed by atoms with van der Waals surface area (Å²) in [6.45, 7) is 0.872. The number of ether oxygens (including phenoxy) is 1. The second-order valence-corrected chi connectivity index (χ2v) is 7.70. The van der Waals surface area contributed by atoms with Crippen molar-refractivity contribution >= 4 is 21.6 Å². The molecule has 0 atom stereocenters. The highest BCUT2D eigenvalue weighted by Gasteiger charge is 2.29. The number of nitrogens with zero attached hydrogens (tertiary/aromatic N) is 1. The summed E-state index contributed by atoms with van der Waals surface area (Å²) in [5, 5.41) is 2.59. The molecule has 1 aliphatic rings. The molecule has 3 rings (SSSR count). The fourth-order valence-corrected chi connectivity index (χ4v) is 4.12. The van der Waals surface area contributed by atoms with E-state index in [1.165, 1.54) is 16.6 Å². The van der Waals surface area contributed by atoms with Gasteiger partial charge in [-0.15, -0.1) is 0 Å². The SMILES string of the molecule is O=C(CCc1ccco1)Nc1ccc(F)c(S(=O)(=O)N2CCOCC2)c1. The maximum absolute atomic E-state index is 14.1. The largest absolute Gasteiger partial charge is 0.469 e. The van der Waals surface area contributed by atoms with Gasteiger partial charge in [-0.3, -0.25) is 4.79 Å². The van der Waals surface area contributed by atoms with Crippen LogP contribution in [0.25, 0.3) is 0 Å². The molecule has 1 aromatic carbocycles. The second kappa shape index (κ2) is 7.98. The summed E-state index contributed by atoms with van der Waals surface area (Å²) in [4.78, 5) is 11.6. The number of anilines is 1. The molecule has 1 N–H and O–H groups in total. The third-order valence-corrected chi connectivity index (χ3v) is 5.90. The number of morpholine rings is 1. The van der Waals surface area contributed by atoms with Gasteiger partial charge in [-0.05, 0) is 30.3 Å². The van der Waals surface area contributed by atoms with E-state index in [1.54, 1.807) is 12.1 Å². The van der Waals surface area contributed by atoms with Crippen molar-refractivity contribution in [2.45, 2.75) is 17.7 Å². The highest BCUT2D eigenvalue weighted by atomic mass is 32.2. The normalized spacial score (nSPS) is 15.7. The minimum absolute atomic E-state index is 0.163. The molecule has 1 amide bonds. The van der Waals surface area contributed by atoms with Gasteiger partial charge in [0.25, 0.3) is 0 Å². The van der Waals surface area contributed by atoms with Crippen molar-refractivity contribution in [1.82, 2.24) is 4.31 Å². The Morgan fingerprint density at radius 1 is 1.23 bits per heavy atom. The van der Waals surface area contributed by atoms with Gasteiger partial charge in [0.05, 0.1) is 19.5 Å². The van der Waals surface area contributed by atoms with E-state index < -0.39 is 20.7 Å². The number of carbonyl (C=O) groups excluding carboxylic acids is 1. The molecule has 0 bridgehead atoms. The van der Waals surface area contributed by atoms with Gasteiger partial charge in [-0.2, -0.15) is 4.31 Å². The summed E-state index contributed by atoms with van der Waals surface area (Å²) < 4.78 is 50.9. The van der Waals surface area contributed by atoms with E-state index in [1.807, 2.05) is 0 Å². The van der Waals surface area contributed by atoms with Crippen molar-refractivity contribution < 1.29 is 26.8 Å². The number of amides is 1. The van der Waals surface area contributed by atoms with Crippen molar-refractivity contribution in [3.05, 3.63) is 48.2 Å². The fraction of sp³-hybridized carbons (Fsp3) is 0.353. The molecule has 9 heteroatoms. The summed E-state index contributed by atoms with van der Waals surface area (Å²) in [5.41, 5.74) is 0.225. The third kappa shape index (κ3) is 4.29. The van der Waals surface area contributed by atoms with Crippen LogP contribution in [0.2, 0.25) is 0 Å². The molecular formula is C17H19FN2O5S. The zero-order valence-electron chi connectivity index (χ0n) is 14.0. The van der Waals surface area contributed by atoms with E-state index in [0.29, 0.717) is 12.2 Å². The Kier molecular flexibility index (Phi) is 5.70. The number of sulfonamides is 1. The lowest BCUT2D eigenvalue weighted by Crippen LogP contribution is -2.40. The van der Waals surface area contributed by atoms with Crippen LogP contribution in [-0.4, -0.2) is 44.9 Å². The van der Waals surface area contributed by atoms with Gasteiger partial charge < -0.3 is 14.5 Å². The van der Waals surface area contributed by atoms with Gasteiger partial charge in [0, 0.05) is 31.6 Å². The third-order valence-electron chi connectivity index (χ3n) is 3.98. The van der Waals surface area contributed by atoms with Crippen LogP contribution in [0.3, 0.4) is 0 Å². The van der Waals surface area contributed by atoms with Crippen molar-refractivity contribution in [2.24, 2.45) is 0 Å². The van der Waals surface area contributed by atoms with Crippen molar-refractivity contribution in [3.8, 4) is 0 Å². The summed E-state index contributed by atoms with van der Waals surface area (Å²) in [5.74, 6) is -0.498. The lowest BCUT2D eigenvalue weighted by Gasteiger charge is -2.26. The van der Waals surface area contributed by atoms with Crippen LogP contribution < -0.4 is 5.32 Å². The first kappa shape index (κ1) is 18.6. The number of nitrogens with one attached hydrogen (secondary N) is 1. The van der Waals surface area contributed by atoms with Gasteiger partial charge in [-0.1, -0.05) is 0 Å². The molecule has 2 aromatic rings. The molecule has 1 aromatic heterocycles. The second-order valence-electron chi connectivity index (χ2n) is 5.79. The lowest BCUT2D eigenvalue weighted by molar-refractivity contribution is -0.116. The molecule has 0 radical (unpaired) electrons. The van der Waals surface area contributed by atoms with Gasteiger partial charge in [0.2, 0.25) is 15.9 Å². The number of carbonyl (C=O) groups is 1. The molecule has 1 fully saturated rings. The standard InChI is InChI=1S/C17H19FN2O5S/c18-15-5-3-13(19-17(21)6-4-14-2-1-9-25-14)12-16(15)26(22,23)20-7-10-24-11-8-20/h1-3,5,9,12H,4,6-8,10-11H2,(H,19,21). The Bertz CT molecular complexity index is 861. The summed E-state index contributed by atoms with van der Waals surface area (Å²) in [6, 6.07) is 7.01. The van der Waals surface area contributed by atoms with E-state index in [9.17, 15) is 17.6 Å². The van der Waals surface area contributed by atoms with Crippen molar-refractivity contribution in [1.29, 1.82) is 0 Å². The van der Waals surface area contributed by atoms with Crippen LogP contribution in [0.15, 0.2) is 45.9 Å². The first-order valence-corrected chi connectivity index (χ1v) is 9.60. The van der Waals surface area contributed by atoms with Crippen molar-refractivity contribution in [2.75, 3.05) is 31.6 Å². The van der Waals surface area contributed by atoms with Crippen molar-refractivity contribution in [3.63, 3.8) is 0 Å². The predicted octanol–water partition coefficient (Wildman–Crippen LogP) is 2.01. The number of rotatable bonds is 6. The molecule has 7 nitrogen and oxygen atoms in total. The number of halogens is 1. The van der Waals surface area contributed by atoms with E-state index in [4.69, 9.17) is 9.15 Å². The first-order chi connectivity index (χ1) is 12.5. The highest BCUT2D eigenvalue weighted by molar-refractivity contribution is 7.89. The Morgan fingerprint density at radius 2 is 2.00 bits per heavy atom. The molecule has 26 heavy (non-hydrogen) atoms. The Labute approximate surface area is 150 Å². The van der Waals surface area contributed by atoms with Gasteiger partial charge in [0.15, 0.2) is 0 Å². The van der Waals surface area contributed by atoms with Gasteiger partial charge in [-0.25, -0.2) is 12.8 Å². The summed E-state index contributed by atoms with van der Waals surface area (Å²) in [6.07, 6.45) is 2.10. The topological polar surface area (TPSA) is 88.8 Å². The molecule has 1 saturated heterocycles. The zero-order valence-corrected chi connectivity index (χ0v) is 14.8. The van der Waals surface area contributed by atoms with E-state index >= 15 is 0 Å². The van der Waals surface area contributed by atoms with Crippen LogP contribution in [0.5, 0.6) is 0 Å². The summed E-state index contributed by atoms with van der Waals surface area (Å²) >= 11 is 0. The predicted molar refractivity (Wildman–Crippen MR) is 91.6 cm³/mol. The van der Waals surface area contributed by atoms with Gasteiger partial charge >= 0.3 is 0 Å². The molecular weight excluding hydrogens is 363 g/mol. The smallest absolute Gasteiger partial charge is 0.246 e. The monoisotopic (exact) mass is 382 g/mol. The minimum atomic E-state index is -3.99. The Balaban J connectivity index is 1.71. The molecule has 1 aliphatic heterocycles. The highest BCUT2D eigenvalue weighted by Crippen LogP contribution is 2.24. The van der Waals surface area contributed by atoms with E-state index in [2.05, 4.69) is 5.32 Å². The van der Waals surface area contributed by atoms with Crippen LogP contribution in [-0.2, 0) is 26.0 Å². The number of furan rings is 1. The zero-order chi connectivity index (χ0) is 18.6. The van der Waals surface area contributed by atoms with Crippen LogP contribution in [0.1, 0.15) is 12.2 Å². The maximum Gasteiger partial charge on any atom is 0.246 e. The lowest BCUT2D eigenvalue weighted by atomic mass is 10.2. The minimum Gasteiger partial charge on any atom is -0.469 e. The molecule has 0 spiro atoms. The maximum atomic E-state index is 14.1. The van der Waals surface area contributed by atoms with Crippen LogP contribution in [0.4, 0.5) is 10.1 Å². The van der Waals surface area contributed by atoms with Crippen LogP contribution in [0, 0.1) is 5.82 Å². The first-order valence-electron chi connectivity index (χ1n) is 8.16. The molecule has 0 saturated carbocycles. The van der Waals surface area contributed by atoms with Gasteiger partial charge in [0.1, 0.15) is 16.5 Å². The molecule has 2 heterocycles. The number of hydrogen-bond acceptors (Lipinski definition) is 5. The summed E-state index contributed by atoms with van der Waals surface area (Å²) in [7, 11) is -3.99. The number of aryl methyl sites for hydroxylation is 1. The van der Waals surface area contributed by atoms with E-state index in [0.717, 1.165) is 12.1 Å². The average molecular weight is 382 g/mol. The molecule has 140 valence electrons. The number of hydrogen-bond donors (Lipinski definition) is 1.